The summed E-state index contributed by atoms with van der Waals surface area (Å²) in [7, 11) is -2.16. The Morgan fingerprint density at radius 2 is 2.09 bits per heavy atom. The number of nitrogens with zero attached hydrogens (tertiary/aromatic N) is 1. The zero-order chi connectivity index (χ0) is 16.1. The molecular formula is C14H20ClN3O4S. The van der Waals surface area contributed by atoms with E-state index in [0.717, 1.165) is 12.8 Å². The highest BCUT2D eigenvalue weighted by Gasteiger charge is 2.43. The predicted molar refractivity (Wildman–Crippen MR) is 89.2 cm³/mol. The van der Waals surface area contributed by atoms with Crippen molar-refractivity contribution in [3.63, 3.8) is 0 Å². The number of oxazole rings is 1. The first-order chi connectivity index (χ1) is 10.3. The number of hydrogen-bond donors (Lipinski definition) is 2. The van der Waals surface area contributed by atoms with Crippen LogP contribution in [0.1, 0.15) is 19.8 Å². The predicted octanol–water partition coefficient (Wildman–Crippen LogP) is 0.959. The van der Waals surface area contributed by atoms with Crippen LogP contribution < -0.4 is 16.2 Å². The fraction of sp³-hybridized carbons (Fsp3) is 0.500. The molecule has 7 nitrogen and oxygen atoms in total. The van der Waals surface area contributed by atoms with E-state index in [0.29, 0.717) is 5.52 Å². The van der Waals surface area contributed by atoms with Crippen molar-refractivity contribution < 1.29 is 12.8 Å². The van der Waals surface area contributed by atoms with Crippen LogP contribution in [0.2, 0.25) is 0 Å². The van der Waals surface area contributed by atoms with E-state index >= 15 is 0 Å². The Morgan fingerprint density at radius 1 is 1.43 bits per heavy atom. The molecule has 0 saturated heterocycles. The standard InChI is InChI=1S/C14H19N3O4S.ClH/c1-14(8-15,9-3-4-9)16-22(19,20)10-5-6-11-12(7-10)21-13(18)17(11)2;/h5-7,9,16H,3-4,8,15H2,1-2H3;1H. The first kappa shape index (κ1) is 18.0. The third kappa shape index (κ3) is 3.16. The lowest BCUT2D eigenvalue weighted by atomic mass is 9.98. The molecular weight excluding hydrogens is 342 g/mol. The maximum Gasteiger partial charge on any atom is 0.419 e. The van der Waals surface area contributed by atoms with Gasteiger partial charge in [0.1, 0.15) is 0 Å². The number of aryl methyl sites for hydroxylation is 1. The Kier molecular flexibility index (Phi) is 4.64. The third-order valence-electron chi connectivity index (χ3n) is 4.34. The maximum absolute atomic E-state index is 12.6. The van der Waals surface area contributed by atoms with Gasteiger partial charge in [-0.25, -0.2) is 17.9 Å². The number of nitrogens with one attached hydrogen (secondary N) is 1. The summed E-state index contributed by atoms with van der Waals surface area (Å²) in [4.78, 5) is 11.6. The van der Waals surface area contributed by atoms with Crippen molar-refractivity contribution in [2.45, 2.75) is 30.2 Å². The van der Waals surface area contributed by atoms with E-state index in [4.69, 9.17) is 10.2 Å². The topological polar surface area (TPSA) is 107 Å². The van der Waals surface area contributed by atoms with E-state index in [-0.39, 0.29) is 35.3 Å². The zero-order valence-electron chi connectivity index (χ0n) is 12.9. The Bertz CT molecular complexity index is 885. The van der Waals surface area contributed by atoms with Gasteiger partial charge in [-0.2, -0.15) is 0 Å². The van der Waals surface area contributed by atoms with Gasteiger partial charge in [-0.1, -0.05) is 0 Å². The number of halogens is 1. The monoisotopic (exact) mass is 361 g/mol. The highest BCUT2D eigenvalue weighted by atomic mass is 35.5. The summed E-state index contributed by atoms with van der Waals surface area (Å²) in [5.74, 6) is -0.257. The normalized spacial score (nSPS) is 17.7. The molecule has 1 aliphatic rings. The van der Waals surface area contributed by atoms with Crippen LogP contribution in [0.15, 0.2) is 32.3 Å². The fourth-order valence-electron chi connectivity index (χ4n) is 2.66. The van der Waals surface area contributed by atoms with Crippen LogP contribution in [0.5, 0.6) is 0 Å². The molecule has 1 saturated carbocycles. The Morgan fingerprint density at radius 3 is 2.65 bits per heavy atom. The summed E-state index contributed by atoms with van der Waals surface area (Å²) >= 11 is 0. The van der Waals surface area contributed by atoms with E-state index in [2.05, 4.69) is 4.72 Å². The summed E-state index contributed by atoms with van der Waals surface area (Å²) in [6.45, 7) is 2.06. The van der Waals surface area contributed by atoms with Crippen molar-refractivity contribution in [2.24, 2.45) is 18.7 Å². The minimum atomic E-state index is -3.73. The number of hydrogen-bond acceptors (Lipinski definition) is 5. The molecule has 128 valence electrons. The lowest BCUT2D eigenvalue weighted by Gasteiger charge is -2.29. The van der Waals surface area contributed by atoms with E-state index < -0.39 is 21.3 Å². The molecule has 1 fully saturated rings. The van der Waals surface area contributed by atoms with Crippen molar-refractivity contribution in [1.82, 2.24) is 9.29 Å². The van der Waals surface area contributed by atoms with Crippen LogP contribution in [-0.2, 0) is 17.1 Å². The van der Waals surface area contributed by atoms with Crippen molar-refractivity contribution in [3.8, 4) is 0 Å². The number of aromatic nitrogens is 1. The van der Waals surface area contributed by atoms with Gasteiger partial charge in [-0.3, -0.25) is 4.57 Å². The van der Waals surface area contributed by atoms with Gasteiger partial charge < -0.3 is 10.2 Å². The molecule has 23 heavy (non-hydrogen) atoms. The van der Waals surface area contributed by atoms with Crippen LogP contribution in [0, 0.1) is 5.92 Å². The highest BCUT2D eigenvalue weighted by molar-refractivity contribution is 7.89. The fourth-order valence-corrected chi connectivity index (χ4v) is 4.15. The van der Waals surface area contributed by atoms with Gasteiger partial charge in [-0.15, -0.1) is 12.4 Å². The summed E-state index contributed by atoms with van der Waals surface area (Å²) in [6.07, 6.45) is 1.95. The van der Waals surface area contributed by atoms with Gasteiger partial charge in [-0.05, 0) is 37.8 Å². The second-order valence-corrected chi connectivity index (χ2v) is 7.74. The molecule has 0 bridgehead atoms. The molecule has 0 amide bonds. The van der Waals surface area contributed by atoms with Gasteiger partial charge in [0, 0.05) is 25.2 Å². The molecule has 1 heterocycles. The summed E-state index contributed by atoms with van der Waals surface area (Å²) < 4.78 is 34.2. The lowest BCUT2D eigenvalue weighted by Crippen LogP contribution is -2.52. The van der Waals surface area contributed by atoms with E-state index in [1.165, 1.54) is 16.7 Å². The first-order valence-corrected chi connectivity index (χ1v) is 8.59. The molecule has 3 rings (SSSR count). The minimum Gasteiger partial charge on any atom is -0.408 e. The average molecular weight is 362 g/mol. The van der Waals surface area contributed by atoms with Crippen molar-refractivity contribution in [3.05, 3.63) is 28.7 Å². The summed E-state index contributed by atoms with van der Waals surface area (Å²) in [6, 6.07) is 4.39. The number of rotatable bonds is 5. The summed E-state index contributed by atoms with van der Waals surface area (Å²) in [5.41, 5.74) is 5.90. The van der Waals surface area contributed by atoms with E-state index in [1.807, 2.05) is 6.92 Å². The summed E-state index contributed by atoms with van der Waals surface area (Å²) in [5, 5.41) is 0. The number of fused-ring (bicyclic) bond motifs is 1. The molecule has 3 N–H and O–H groups in total. The maximum atomic E-state index is 12.6. The second kappa shape index (κ2) is 5.94. The van der Waals surface area contributed by atoms with Crippen molar-refractivity contribution in [1.29, 1.82) is 0 Å². The first-order valence-electron chi connectivity index (χ1n) is 7.10. The molecule has 2 aromatic rings. The Hall–Kier alpha value is -1.35. The molecule has 1 aliphatic carbocycles. The van der Waals surface area contributed by atoms with Gasteiger partial charge >= 0.3 is 5.76 Å². The highest BCUT2D eigenvalue weighted by Crippen LogP contribution is 2.39. The molecule has 0 aliphatic heterocycles. The van der Waals surface area contributed by atoms with Crippen LogP contribution in [0.3, 0.4) is 0 Å². The largest absolute Gasteiger partial charge is 0.419 e. The van der Waals surface area contributed by atoms with E-state index in [9.17, 15) is 13.2 Å². The van der Waals surface area contributed by atoms with Crippen LogP contribution in [0.25, 0.3) is 11.1 Å². The van der Waals surface area contributed by atoms with Crippen LogP contribution >= 0.6 is 12.4 Å². The van der Waals surface area contributed by atoms with Crippen LogP contribution in [0.4, 0.5) is 0 Å². The zero-order valence-corrected chi connectivity index (χ0v) is 14.5. The Labute approximate surface area is 140 Å². The minimum absolute atomic E-state index is 0. The number of nitrogens with two attached hydrogens (primary N) is 1. The third-order valence-corrected chi connectivity index (χ3v) is 5.95. The molecule has 1 aromatic heterocycles. The Balaban J connectivity index is 0.00000192. The van der Waals surface area contributed by atoms with Crippen molar-refractivity contribution >= 4 is 33.5 Å². The average Bonchev–Trinajstić information content (AvgIpc) is 3.27. The van der Waals surface area contributed by atoms with Gasteiger partial charge in [0.2, 0.25) is 10.0 Å². The SMILES string of the molecule is Cl.Cn1c(=O)oc2cc(S(=O)(=O)NC(C)(CN)C3CC3)ccc21. The van der Waals surface area contributed by atoms with Gasteiger partial charge in [0.05, 0.1) is 10.4 Å². The number of sulfonamides is 1. The molecule has 1 atom stereocenters. The molecule has 0 spiro atoms. The van der Waals surface area contributed by atoms with Gasteiger partial charge in [0.15, 0.2) is 5.58 Å². The number of benzene rings is 1. The van der Waals surface area contributed by atoms with Gasteiger partial charge in [0.25, 0.3) is 0 Å². The smallest absolute Gasteiger partial charge is 0.408 e. The van der Waals surface area contributed by atoms with Crippen molar-refractivity contribution in [2.75, 3.05) is 6.54 Å². The molecule has 0 radical (unpaired) electrons. The lowest BCUT2D eigenvalue weighted by molar-refractivity contribution is 0.374. The van der Waals surface area contributed by atoms with Crippen LogP contribution in [-0.4, -0.2) is 25.1 Å². The quantitative estimate of drug-likeness (QED) is 0.824. The molecule has 1 unspecified atom stereocenters. The molecule has 1 aromatic carbocycles. The molecule has 9 heteroatoms. The second-order valence-electron chi connectivity index (χ2n) is 6.06. The van der Waals surface area contributed by atoms with E-state index in [1.54, 1.807) is 13.1 Å².